The normalized spacial score (nSPS) is 16.1. The molecule has 0 aromatic heterocycles. The summed E-state index contributed by atoms with van der Waals surface area (Å²) in [5.74, 6) is 0.0167. The highest BCUT2D eigenvalue weighted by Crippen LogP contribution is 2.22. The molecule has 1 aliphatic rings. The lowest BCUT2D eigenvalue weighted by Crippen LogP contribution is -2.46. The van der Waals surface area contributed by atoms with Crippen molar-refractivity contribution in [2.75, 3.05) is 32.9 Å². The number of rotatable bonds is 8. The molecule has 1 amide bonds. The van der Waals surface area contributed by atoms with Crippen molar-refractivity contribution in [3.05, 3.63) is 71.8 Å². The van der Waals surface area contributed by atoms with Crippen molar-refractivity contribution in [2.24, 2.45) is 0 Å². The summed E-state index contributed by atoms with van der Waals surface area (Å²) in [5, 5.41) is 3.18. The first-order chi connectivity index (χ1) is 14.3. The van der Waals surface area contributed by atoms with Gasteiger partial charge in [-0.15, -0.1) is 0 Å². The number of nitrogens with zero attached hydrogens (tertiary/aromatic N) is 2. The Hall–Kier alpha value is -2.22. The van der Waals surface area contributed by atoms with E-state index in [0.717, 1.165) is 37.1 Å². The van der Waals surface area contributed by atoms with Gasteiger partial charge in [-0.1, -0.05) is 60.7 Å². The van der Waals surface area contributed by atoms with E-state index in [4.69, 9.17) is 0 Å². The van der Waals surface area contributed by atoms with Crippen molar-refractivity contribution >= 4 is 15.9 Å². The van der Waals surface area contributed by atoms with Crippen molar-refractivity contribution in [1.29, 1.82) is 0 Å². The van der Waals surface area contributed by atoms with Crippen molar-refractivity contribution < 1.29 is 13.2 Å². The number of amides is 1. The Bertz CT molecular complexity index is 872. The maximum absolute atomic E-state index is 12.7. The summed E-state index contributed by atoms with van der Waals surface area (Å²) < 4.78 is 24.9. The van der Waals surface area contributed by atoms with E-state index in [2.05, 4.69) is 10.2 Å². The van der Waals surface area contributed by atoms with Crippen LogP contribution in [0.2, 0.25) is 0 Å². The van der Waals surface area contributed by atoms with Crippen molar-refractivity contribution in [1.82, 2.24) is 14.5 Å². The monoisotopic (exact) mass is 429 g/mol. The molecule has 1 saturated heterocycles. The van der Waals surface area contributed by atoms with E-state index in [9.17, 15) is 13.2 Å². The Kier molecular flexibility index (Phi) is 7.64. The SMILES string of the molecule is CN(C1CCN(CCC(=O)NC(c2ccccc2)c2ccccc2)CC1)S(C)(=O)=O. The molecule has 2 aromatic rings. The molecule has 2 aromatic carbocycles. The van der Waals surface area contributed by atoms with E-state index in [1.165, 1.54) is 10.6 Å². The molecule has 0 bridgehead atoms. The van der Waals surface area contributed by atoms with Gasteiger partial charge in [0.15, 0.2) is 0 Å². The molecule has 1 N–H and O–H groups in total. The van der Waals surface area contributed by atoms with Crippen LogP contribution in [-0.2, 0) is 14.8 Å². The molecule has 0 radical (unpaired) electrons. The van der Waals surface area contributed by atoms with Gasteiger partial charge in [-0.05, 0) is 37.1 Å². The summed E-state index contributed by atoms with van der Waals surface area (Å²) in [6.45, 7) is 2.29. The quantitative estimate of drug-likeness (QED) is 0.700. The third-order valence-corrected chi connectivity index (χ3v) is 7.17. The molecule has 6 nitrogen and oxygen atoms in total. The summed E-state index contributed by atoms with van der Waals surface area (Å²) in [4.78, 5) is 15.0. The Morgan fingerprint density at radius 1 is 1.03 bits per heavy atom. The van der Waals surface area contributed by atoms with Gasteiger partial charge in [0.1, 0.15) is 0 Å². The second kappa shape index (κ2) is 10.2. The number of carbonyl (C=O) groups excluding carboxylic acids is 1. The molecule has 30 heavy (non-hydrogen) atoms. The first-order valence-electron chi connectivity index (χ1n) is 10.4. The smallest absolute Gasteiger partial charge is 0.222 e. The van der Waals surface area contributed by atoms with Crippen LogP contribution >= 0.6 is 0 Å². The van der Waals surface area contributed by atoms with E-state index in [0.29, 0.717) is 13.0 Å². The van der Waals surface area contributed by atoms with Crippen LogP contribution in [0.1, 0.15) is 36.4 Å². The molecule has 7 heteroatoms. The predicted octanol–water partition coefficient (Wildman–Crippen LogP) is 2.64. The molecule has 162 valence electrons. The average Bonchev–Trinajstić information content (AvgIpc) is 2.76. The Balaban J connectivity index is 1.53. The van der Waals surface area contributed by atoms with Gasteiger partial charge in [-0.3, -0.25) is 4.79 Å². The number of piperidine rings is 1. The van der Waals surface area contributed by atoms with Crippen molar-refractivity contribution in [3.8, 4) is 0 Å². The van der Waals surface area contributed by atoms with Crippen LogP contribution in [0, 0.1) is 0 Å². The lowest BCUT2D eigenvalue weighted by Gasteiger charge is -2.35. The Morgan fingerprint density at radius 2 is 1.53 bits per heavy atom. The number of benzene rings is 2. The van der Waals surface area contributed by atoms with E-state index in [1.54, 1.807) is 7.05 Å². The Morgan fingerprint density at radius 3 is 2.00 bits per heavy atom. The van der Waals surface area contributed by atoms with E-state index in [1.807, 2.05) is 60.7 Å². The molecule has 3 rings (SSSR count). The molecule has 0 spiro atoms. The highest BCUT2D eigenvalue weighted by molar-refractivity contribution is 7.88. The van der Waals surface area contributed by atoms with Crippen molar-refractivity contribution in [2.45, 2.75) is 31.3 Å². The molecule has 0 unspecified atom stereocenters. The lowest BCUT2D eigenvalue weighted by atomic mass is 9.98. The van der Waals surface area contributed by atoms with Crippen LogP contribution in [0.3, 0.4) is 0 Å². The minimum absolute atomic E-state index is 0.0167. The molecular weight excluding hydrogens is 398 g/mol. The van der Waals surface area contributed by atoms with Crippen LogP contribution in [0.15, 0.2) is 60.7 Å². The van der Waals surface area contributed by atoms with Crippen LogP contribution < -0.4 is 5.32 Å². The van der Waals surface area contributed by atoms with Crippen LogP contribution in [-0.4, -0.2) is 62.5 Å². The first-order valence-corrected chi connectivity index (χ1v) is 12.2. The second-order valence-electron chi connectivity index (χ2n) is 7.92. The summed E-state index contributed by atoms with van der Waals surface area (Å²) in [7, 11) is -1.51. The van der Waals surface area contributed by atoms with Crippen LogP contribution in [0.25, 0.3) is 0 Å². The van der Waals surface area contributed by atoms with Gasteiger partial charge in [0.2, 0.25) is 15.9 Å². The zero-order chi connectivity index (χ0) is 21.6. The van der Waals surface area contributed by atoms with Gasteiger partial charge in [-0.25, -0.2) is 12.7 Å². The highest BCUT2D eigenvalue weighted by atomic mass is 32.2. The topological polar surface area (TPSA) is 69.7 Å². The summed E-state index contributed by atoms with van der Waals surface area (Å²) in [6, 6.07) is 19.9. The number of likely N-dealkylation sites (tertiary alicyclic amines) is 1. The fraction of sp³-hybridized carbons (Fsp3) is 0.435. The third-order valence-electron chi connectivity index (χ3n) is 5.82. The number of nitrogens with one attached hydrogen (secondary N) is 1. The molecule has 1 fully saturated rings. The Labute approximate surface area is 179 Å². The van der Waals surface area contributed by atoms with Gasteiger partial charge in [-0.2, -0.15) is 0 Å². The third kappa shape index (κ3) is 6.14. The minimum Gasteiger partial charge on any atom is -0.345 e. The second-order valence-corrected chi connectivity index (χ2v) is 9.97. The number of carbonyl (C=O) groups is 1. The number of hydrogen-bond donors (Lipinski definition) is 1. The largest absolute Gasteiger partial charge is 0.345 e. The van der Waals surface area contributed by atoms with Gasteiger partial charge in [0.25, 0.3) is 0 Å². The zero-order valence-electron chi connectivity index (χ0n) is 17.7. The maximum atomic E-state index is 12.7. The van der Waals surface area contributed by atoms with Gasteiger partial charge in [0.05, 0.1) is 12.3 Å². The molecule has 0 atom stereocenters. The lowest BCUT2D eigenvalue weighted by molar-refractivity contribution is -0.122. The first kappa shape index (κ1) is 22.5. The number of sulfonamides is 1. The fourth-order valence-electron chi connectivity index (χ4n) is 3.92. The van der Waals surface area contributed by atoms with E-state index in [-0.39, 0.29) is 18.0 Å². The molecule has 1 heterocycles. The average molecular weight is 430 g/mol. The maximum Gasteiger partial charge on any atom is 0.222 e. The molecule has 0 aliphatic carbocycles. The summed E-state index contributed by atoms with van der Waals surface area (Å²) in [6.07, 6.45) is 3.26. The summed E-state index contributed by atoms with van der Waals surface area (Å²) in [5.41, 5.74) is 2.11. The summed E-state index contributed by atoms with van der Waals surface area (Å²) >= 11 is 0. The molecule has 1 aliphatic heterocycles. The minimum atomic E-state index is -3.16. The van der Waals surface area contributed by atoms with Gasteiger partial charge < -0.3 is 10.2 Å². The van der Waals surface area contributed by atoms with Gasteiger partial charge >= 0.3 is 0 Å². The van der Waals surface area contributed by atoms with Crippen LogP contribution in [0.5, 0.6) is 0 Å². The molecular formula is C23H31N3O3S. The van der Waals surface area contributed by atoms with Crippen LogP contribution in [0.4, 0.5) is 0 Å². The highest BCUT2D eigenvalue weighted by Gasteiger charge is 2.27. The van der Waals surface area contributed by atoms with E-state index >= 15 is 0 Å². The van der Waals surface area contributed by atoms with Crippen molar-refractivity contribution in [3.63, 3.8) is 0 Å². The zero-order valence-corrected chi connectivity index (χ0v) is 18.5. The standard InChI is InChI=1S/C23H31N3O3S/c1-25(30(2,28)29)21-13-16-26(17-14-21)18-15-22(27)24-23(19-9-5-3-6-10-19)20-11-7-4-8-12-20/h3-12,21,23H,13-18H2,1-2H3,(H,24,27). The fourth-order valence-corrected chi connectivity index (χ4v) is 4.67. The molecule has 0 saturated carbocycles. The predicted molar refractivity (Wildman–Crippen MR) is 120 cm³/mol. The van der Waals surface area contributed by atoms with E-state index < -0.39 is 10.0 Å². The number of hydrogen-bond acceptors (Lipinski definition) is 4. The van der Waals surface area contributed by atoms with Gasteiger partial charge in [0, 0.05) is 26.1 Å².